The van der Waals surface area contributed by atoms with E-state index in [0.717, 1.165) is 11.1 Å². The molecule has 0 spiro atoms. The summed E-state index contributed by atoms with van der Waals surface area (Å²) in [7, 11) is 0. The number of rotatable bonds is 3. The largest absolute Gasteiger partial charge is 0.392 e. The minimum absolute atomic E-state index is 0.0262. The summed E-state index contributed by atoms with van der Waals surface area (Å²) in [5.41, 5.74) is 2.20. The Morgan fingerprint density at radius 1 is 1.41 bits per heavy atom. The van der Waals surface area contributed by atoms with Crippen molar-refractivity contribution in [3.63, 3.8) is 0 Å². The first-order valence-corrected chi connectivity index (χ1v) is 5.22. The van der Waals surface area contributed by atoms with Crippen LogP contribution in [0.3, 0.4) is 0 Å². The van der Waals surface area contributed by atoms with Crippen molar-refractivity contribution in [3.05, 3.63) is 47.2 Å². The number of carbonyl (C=O) groups excluding carboxylic acids is 1. The fraction of sp³-hybridized carbons (Fsp3) is 0.167. The van der Waals surface area contributed by atoms with E-state index in [1.807, 2.05) is 6.92 Å². The molecule has 0 saturated heterocycles. The zero-order valence-electron chi connectivity index (χ0n) is 9.40. The smallest absolute Gasteiger partial charge is 0.256 e. The molecule has 0 fully saturated rings. The molecule has 0 aliphatic rings. The molecule has 1 aromatic heterocycles. The maximum Gasteiger partial charge on any atom is 0.256 e. The molecule has 0 atom stereocenters. The zero-order chi connectivity index (χ0) is 12.3. The Morgan fingerprint density at radius 3 is 2.65 bits per heavy atom. The van der Waals surface area contributed by atoms with Gasteiger partial charge in [0.15, 0.2) is 0 Å². The van der Waals surface area contributed by atoms with E-state index in [1.165, 1.54) is 0 Å². The van der Waals surface area contributed by atoms with Gasteiger partial charge >= 0.3 is 0 Å². The van der Waals surface area contributed by atoms with E-state index in [2.05, 4.69) is 15.5 Å². The van der Waals surface area contributed by atoms with Crippen molar-refractivity contribution < 1.29 is 9.90 Å². The van der Waals surface area contributed by atoms with Gasteiger partial charge in [0.25, 0.3) is 5.91 Å². The van der Waals surface area contributed by atoms with E-state index in [-0.39, 0.29) is 12.5 Å². The van der Waals surface area contributed by atoms with Gasteiger partial charge in [-0.1, -0.05) is 12.1 Å². The number of aromatic nitrogens is 2. The van der Waals surface area contributed by atoms with Crippen molar-refractivity contribution in [2.24, 2.45) is 0 Å². The van der Waals surface area contributed by atoms with Gasteiger partial charge in [0.1, 0.15) is 5.82 Å². The second-order valence-corrected chi connectivity index (χ2v) is 3.74. The van der Waals surface area contributed by atoms with E-state index >= 15 is 0 Å². The lowest BCUT2D eigenvalue weighted by Gasteiger charge is -2.04. The van der Waals surface area contributed by atoms with Gasteiger partial charge in [-0.15, -0.1) is 0 Å². The highest BCUT2D eigenvalue weighted by molar-refractivity contribution is 6.04. The first-order valence-electron chi connectivity index (χ1n) is 5.22. The van der Waals surface area contributed by atoms with Crippen LogP contribution in [0.5, 0.6) is 0 Å². The zero-order valence-corrected chi connectivity index (χ0v) is 9.40. The average Bonchev–Trinajstić information content (AvgIpc) is 2.75. The van der Waals surface area contributed by atoms with Crippen LogP contribution >= 0.6 is 0 Å². The Morgan fingerprint density at radius 2 is 2.12 bits per heavy atom. The Labute approximate surface area is 98.5 Å². The van der Waals surface area contributed by atoms with Gasteiger partial charge in [-0.25, -0.2) is 0 Å². The molecule has 0 saturated carbocycles. The molecule has 5 heteroatoms. The number of hydrogen-bond acceptors (Lipinski definition) is 3. The monoisotopic (exact) mass is 231 g/mol. The molecule has 88 valence electrons. The molecule has 1 aromatic carbocycles. The fourth-order valence-electron chi connectivity index (χ4n) is 1.42. The quantitative estimate of drug-likeness (QED) is 0.748. The lowest BCUT2D eigenvalue weighted by atomic mass is 10.1. The third kappa shape index (κ3) is 2.51. The maximum atomic E-state index is 11.8. The molecule has 0 bridgehead atoms. The topological polar surface area (TPSA) is 78.0 Å². The Balaban J connectivity index is 2.12. The van der Waals surface area contributed by atoms with Crippen LogP contribution in [0, 0.1) is 6.92 Å². The number of nitrogens with zero attached hydrogens (tertiary/aromatic N) is 1. The van der Waals surface area contributed by atoms with Gasteiger partial charge < -0.3 is 10.4 Å². The first-order chi connectivity index (χ1) is 8.20. The summed E-state index contributed by atoms with van der Waals surface area (Å²) in [6, 6.07) is 6.78. The molecule has 0 unspecified atom stereocenters. The molecule has 0 aliphatic carbocycles. The van der Waals surface area contributed by atoms with Crippen molar-refractivity contribution in [1.82, 2.24) is 10.2 Å². The highest BCUT2D eigenvalue weighted by Crippen LogP contribution is 2.11. The summed E-state index contributed by atoms with van der Waals surface area (Å²) in [5.74, 6) is 0.392. The first kappa shape index (κ1) is 11.3. The third-order valence-electron chi connectivity index (χ3n) is 2.47. The van der Waals surface area contributed by atoms with Crippen LogP contribution in [0.4, 0.5) is 5.82 Å². The van der Waals surface area contributed by atoms with Crippen LogP contribution in [0.25, 0.3) is 0 Å². The number of hydrogen-bond donors (Lipinski definition) is 3. The second kappa shape index (κ2) is 4.80. The summed E-state index contributed by atoms with van der Waals surface area (Å²) in [5, 5.41) is 18.2. The SMILES string of the molecule is Cc1cn[nH]c1NC(=O)c1ccc(CO)cc1. The molecule has 3 N–H and O–H groups in total. The van der Waals surface area contributed by atoms with Crippen molar-refractivity contribution in [3.8, 4) is 0 Å². The highest BCUT2D eigenvalue weighted by Gasteiger charge is 2.08. The standard InChI is InChI=1S/C12H13N3O2/c1-8-6-13-15-11(8)14-12(17)10-4-2-9(7-16)3-5-10/h2-6,16H,7H2,1H3,(H2,13,14,15,17). The number of amides is 1. The van der Waals surface area contributed by atoms with Crippen LogP contribution in [-0.4, -0.2) is 21.2 Å². The number of aromatic amines is 1. The van der Waals surface area contributed by atoms with E-state index in [0.29, 0.717) is 11.4 Å². The van der Waals surface area contributed by atoms with Crippen LogP contribution in [0.2, 0.25) is 0 Å². The lowest BCUT2D eigenvalue weighted by molar-refractivity contribution is 0.102. The fourth-order valence-corrected chi connectivity index (χ4v) is 1.42. The van der Waals surface area contributed by atoms with Gasteiger partial charge in [-0.3, -0.25) is 9.89 Å². The molecule has 1 amide bonds. The van der Waals surface area contributed by atoms with E-state index < -0.39 is 0 Å². The molecule has 5 nitrogen and oxygen atoms in total. The molecule has 1 heterocycles. The third-order valence-corrected chi connectivity index (χ3v) is 2.47. The normalized spacial score (nSPS) is 10.2. The predicted molar refractivity (Wildman–Crippen MR) is 63.6 cm³/mol. The van der Waals surface area contributed by atoms with Crippen LogP contribution in [0.1, 0.15) is 21.5 Å². The summed E-state index contributed by atoms with van der Waals surface area (Å²) in [6.45, 7) is 1.83. The van der Waals surface area contributed by atoms with Gasteiger partial charge in [0.05, 0.1) is 12.8 Å². The molecule has 17 heavy (non-hydrogen) atoms. The van der Waals surface area contributed by atoms with Crippen LogP contribution < -0.4 is 5.32 Å². The van der Waals surface area contributed by atoms with E-state index in [9.17, 15) is 4.79 Å². The summed E-state index contributed by atoms with van der Waals surface area (Å²) >= 11 is 0. The Hall–Kier alpha value is -2.14. The summed E-state index contributed by atoms with van der Waals surface area (Å²) < 4.78 is 0. The lowest BCUT2D eigenvalue weighted by Crippen LogP contribution is -2.12. The highest BCUT2D eigenvalue weighted by atomic mass is 16.3. The Bertz CT molecular complexity index is 517. The number of anilines is 1. The number of carbonyl (C=O) groups is 1. The number of aliphatic hydroxyl groups excluding tert-OH is 1. The minimum Gasteiger partial charge on any atom is -0.392 e. The average molecular weight is 231 g/mol. The number of nitrogens with one attached hydrogen (secondary N) is 2. The molecular weight excluding hydrogens is 218 g/mol. The maximum absolute atomic E-state index is 11.8. The molecular formula is C12H13N3O2. The number of aliphatic hydroxyl groups is 1. The summed E-state index contributed by atoms with van der Waals surface area (Å²) in [6.07, 6.45) is 1.64. The Kier molecular flexibility index (Phi) is 3.20. The van der Waals surface area contributed by atoms with Gasteiger partial charge in [-0.2, -0.15) is 5.10 Å². The predicted octanol–water partition coefficient (Wildman–Crippen LogP) is 1.46. The number of aryl methyl sites for hydroxylation is 1. The van der Waals surface area contributed by atoms with Crippen molar-refractivity contribution in [1.29, 1.82) is 0 Å². The van der Waals surface area contributed by atoms with E-state index in [4.69, 9.17) is 5.11 Å². The number of benzene rings is 1. The molecule has 0 radical (unpaired) electrons. The number of H-pyrrole nitrogens is 1. The molecule has 2 rings (SSSR count). The summed E-state index contributed by atoms with van der Waals surface area (Å²) in [4.78, 5) is 11.8. The van der Waals surface area contributed by atoms with E-state index in [1.54, 1.807) is 30.5 Å². The van der Waals surface area contributed by atoms with Gasteiger partial charge in [0.2, 0.25) is 0 Å². The van der Waals surface area contributed by atoms with Crippen molar-refractivity contribution in [2.75, 3.05) is 5.32 Å². The van der Waals surface area contributed by atoms with Gasteiger partial charge in [-0.05, 0) is 24.6 Å². The molecule has 2 aromatic rings. The van der Waals surface area contributed by atoms with Crippen molar-refractivity contribution in [2.45, 2.75) is 13.5 Å². The van der Waals surface area contributed by atoms with Crippen molar-refractivity contribution >= 4 is 11.7 Å². The van der Waals surface area contributed by atoms with Crippen LogP contribution in [0.15, 0.2) is 30.5 Å². The van der Waals surface area contributed by atoms with Crippen LogP contribution in [-0.2, 0) is 6.61 Å². The van der Waals surface area contributed by atoms with Gasteiger partial charge in [0, 0.05) is 11.1 Å². The minimum atomic E-state index is -0.207. The molecule has 0 aliphatic heterocycles. The second-order valence-electron chi connectivity index (χ2n) is 3.74.